The van der Waals surface area contributed by atoms with Gasteiger partial charge >= 0.3 is 0 Å². The monoisotopic (exact) mass is 459 g/mol. The third-order valence-corrected chi connectivity index (χ3v) is 6.32. The highest BCUT2D eigenvalue weighted by molar-refractivity contribution is 7.89. The largest absolute Gasteiger partial charge is 0.411 e. The van der Waals surface area contributed by atoms with Gasteiger partial charge in [-0.2, -0.15) is 0 Å². The second-order valence-electron chi connectivity index (χ2n) is 7.29. The first-order chi connectivity index (χ1) is 14.6. The second-order valence-corrected chi connectivity index (χ2v) is 9.28. The first-order valence-corrected chi connectivity index (χ1v) is 11.3. The number of hydrogen-bond donors (Lipinski definition) is 2. The first-order valence-electron chi connectivity index (χ1n) is 9.37. The molecule has 3 N–H and O–H groups in total. The molecule has 0 spiro atoms. The minimum Gasteiger partial charge on any atom is -0.411 e. The summed E-state index contributed by atoms with van der Waals surface area (Å²) in [5.74, 6) is -0.269. The molecule has 0 fully saturated rings. The lowest BCUT2D eigenvalue weighted by Gasteiger charge is -2.21. The van der Waals surface area contributed by atoms with Crippen LogP contribution in [-0.2, 0) is 17.1 Å². The number of nitrogens with two attached hydrogens (primary N) is 1. The van der Waals surface area contributed by atoms with Crippen molar-refractivity contribution in [3.05, 3.63) is 98.4 Å². The van der Waals surface area contributed by atoms with Crippen LogP contribution in [0.4, 0.5) is 0 Å². The third-order valence-electron chi connectivity index (χ3n) is 5.16. The zero-order valence-corrected chi connectivity index (χ0v) is 18.6. The van der Waals surface area contributed by atoms with Crippen molar-refractivity contribution >= 4 is 27.3 Å². The fourth-order valence-electron chi connectivity index (χ4n) is 3.50. The van der Waals surface area contributed by atoms with Crippen molar-refractivity contribution in [1.82, 2.24) is 4.57 Å². The van der Waals surface area contributed by atoms with E-state index in [0.29, 0.717) is 22.7 Å². The highest BCUT2D eigenvalue weighted by atomic mass is 35.5. The summed E-state index contributed by atoms with van der Waals surface area (Å²) in [6.45, 7) is 1.93. The number of hydrogen-bond acceptors (Lipinski definition) is 5. The van der Waals surface area contributed by atoms with Crippen LogP contribution < -0.4 is 10.7 Å². The molecule has 1 heterocycles. The Morgan fingerprint density at radius 1 is 1.16 bits per heavy atom. The van der Waals surface area contributed by atoms with Gasteiger partial charge in [0.2, 0.25) is 15.6 Å². The van der Waals surface area contributed by atoms with Crippen LogP contribution in [0.2, 0.25) is 5.02 Å². The molecule has 0 aliphatic heterocycles. The van der Waals surface area contributed by atoms with Crippen LogP contribution in [0.1, 0.15) is 34.6 Å². The van der Waals surface area contributed by atoms with E-state index >= 15 is 0 Å². The molecule has 0 radical (unpaired) electrons. The van der Waals surface area contributed by atoms with E-state index in [1.165, 1.54) is 22.8 Å². The van der Waals surface area contributed by atoms with Crippen LogP contribution in [0.3, 0.4) is 0 Å². The number of halogens is 1. The third kappa shape index (κ3) is 5.22. The van der Waals surface area contributed by atoms with E-state index in [4.69, 9.17) is 16.7 Å². The summed E-state index contributed by atoms with van der Waals surface area (Å²) < 4.78 is 24.7. The highest BCUT2D eigenvalue weighted by Gasteiger charge is 2.21. The highest BCUT2D eigenvalue weighted by Crippen LogP contribution is 2.33. The second kappa shape index (κ2) is 9.05. The Hall–Kier alpha value is -2.94. The fraction of sp³-hybridized carbons (Fsp3) is 0.182. The first kappa shape index (κ1) is 22.7. The minimum absolute atomic E-state index is 0.0111. The number of rotatable bonds is 6. The number of benzene rings is 2. The molecule has 0 saturated carbocycles. The van der Waals surface area contributed by atoms with Gasteiger partial charge in [0.1, 0.15) is 0 Å². The van der Waals surface area contributed by atoms with Gasteiger partial charge in [0.25, 0.3) is 0 Å². The van der Waals surface area contributed by atoms with Crippen LogP contribution in [0.15, 0.2) is 75.6 Å². The smallest absolute Gasteiger partial charge is 0.250 e. The van der Waals surface area contributed by atoms with Crippen molar-refractivity contribution in [3.63, 3.8) is 0 Å². The Kier molecular flexibility index (Phi) is 6.64. The van der Waals surface area contributed by atoms with Gasteiger partial charge in [-0.25, -0.2) is 13.6 Å². The molecule has 1 atom stereocenters. The molecule has 1 aromatic heterocycles. The number of sulfonamides is 1. The molecule has 31 heavy (non-hydrogen) atoms. The topological polar surface area (TPSA) is 115 Å². The van der Waals surface area contributed by atoms with Crippen molar-refractivity contribution in [2.45, 2.75) is 24.2 Å². The summed E-state index contributed by atoms with van der Waals surface area (Å²) in [7, 11) is -2.20. The van der Waals surface area contributed by atoms with E-state index < -0.39 is 10.0 Å². The van der Waals surface area contributed by atoms with Gasteiger partial charge in [0.05, 0.1) is 10.6 Å². The Labute approximate surface area is 185 Å². The maximum Gasteiger partial charge on any atom is 0.250 e. The molecule has 162 valence electrons. The number of nitrogens with zero attached hydrogens (tertiary/aromatic N) is 2. The van der Waals surface area contributed by atoms with E-state index in [-0.39, 0.29) is 16.4 Å². The summed E-state index contributed by atoms with van der Waals surface area (Å²) in [4.78, 5) is 11.7. The van der Waals surface area contributed by atoms with E-state index in [2.05, 4.69) is 5.16 Å². The Morgan fingerprint density at radius 3 is 2.39 bits per heavy atom. The molecule has 7 nitrogen and oxygen atoms in total. The maximum absolute atomic E-state index is 11.7. The summed E-state index contributed by atoms with van der Waals surface area (Å²) in [5.41, 5.74) is 3.49. The Balaban J connectivity index is 2.09. The average Bonchev–Trinajstić information content (AvgIpc) is 2.71. The summed E-state index contributed by atoms with van der Waals surface area (Å²) in [5, 5.41) is 19.0. The molecule has 0 saturated heterocycles. The van der Waals surface area contributed by atoms with Gasteiger partial charge in [0.15, 0.2) is 0 Å². The summed E-state index contributed by atoms with van der Waals surface area (Å²) in [6.07, 6.45) is 1.90. The van der Waals surface area contributed by atoms with E-state index in [9.17, 15) is 18.4 Å². The molecule has 2 aromatic carbocycles. The molecular formula is C22H22ClN3O4S. The van der Waals surface area contributed by atoms with E-state index in [1.54, 1.807) is 37.5 Å². The predicted molar refractivity (Wildman–Crippen MR) is 120 cm³/mol. The normalized spacial score (nSPS) is 13.2. The number of aryl methyl sites for hydroxylation is 2. The molecule has 9 heteroatoms. The van der Waals surface area contributed by atoms with Crippen LogP contribution >= 0.6 is 11.6 Å². The summed E-state index contributed by atoms with van der Waals surface area (Å²) >= 11 is 6.12. The molecule has 0 aliphatic rings. The number of aromatic nitrogens is 1. The molecule has 0 amide bonds. The average molecular weight is 460 g/mol. The van der Waals surface area contributed by atoms with Gasteiger partial charge in [-0.3, -0.25) is 4.79 Å². The lowest BCUT2D eigenvalue weighted by molar-refractivity contribution is 0.317. The molecule has 1 unspecified atom stereocenters. The van der Waals surface area contributed by atoms with Crippen molar-refractivity contribution in [2.24, 2.45) is 17.3 Å². The minimum atomic E-state index is -3.82. The van der Waals surface area contributed by atoms with E-state index in [0.717, 1.165) is 16.7 Å². The van der Waals surface area contributed by atoms with Crippen molar-refractivity contribution < 1.29 is 13.6 Å². The molecule has 0 aliphatic carbocycles. The SMILES string of the molecule is Cc1cc(Cl)ccc1C(C/C(=N/O)c1ccc(=O)n(C)c1)c1ccc(S(N)(=O)=O)cc1. The van der Waals surface area contributed by atoms with Crippen LogP contribution in [0.5, 0.6) is 0 Å². The van der Waals surface area contributed by atoms with E-state index in [1.807, 2.05) is 19.1 Å². The fourth-order valence-corrected chi connectivity index (χ4v) is 4.24. The number of primary sulfonamides is 1. The molecule has 3 rings (SSSR count). The standard InChI is InChI=1S/C22H22ClN3O4S/c1-14-11-17(23)6-9-19(14)20(15-3-7-18(8-4-15)31(24,29)30)12-21(25-28)16-5-10-22(27)26(2)13-16/h3-11,13,20,28H,12H2,1-2H3,(H2,24,29,30)/b25-21-. The zero-order valence-electron chi connectivity index (χ0n) is 17.0. The molecule has 0 bridgehead atoms. The van der Waals surface area contributed by atoms with Gasteiger partial charge in [0, 0.05) is 42.2 Å². The van der Waals surface area contributed by atoms with Gasteiger partial charge in [-0.15, -0.1) is 0 Å². The number of oxime groups is 1. The van der Waals surface area contributed by atoms with Crippen molar-refractivity contribution in [3.8, 4) is 0 Å². The van der Waals surface area contributed by atoms with Gasteiger partial charge in [-0.05, 0) is 53.9 Å². The van der Waals surface area contributed by atoms with Crippen LogP contribution in [-0.4, -0.2) is 23.9 Å². The van der Waals surface area contributed by atoms with Crippen LogP contribution in [0.25, 0.3) is 0 Å². The van der Waals surface area contributed by atoms with Crippen molar-refractivity contribution in [2.75, 3.05) is 0 Å². The lowest BCUT2D eigenvalue weighted by atomic mass is 9.83. The van der Waals surface area contributed by atoms with Gasteiger partial charge < -0.3 is 9.77 Å². The lowest BCUT2D eigenvalue weighted by Crippen LogP contribution is -2.18. The Bertz CT molecular complexity index is 1300. The maximum atomic E-state index is 11.7. The van der Waals surface area contributed by atoms with Crippen LogP contribution in [0, 0.1) is 6.92 Å². The molecule has 3 aromatic rings. The summed E-state index contributed by atoms with van der Waals surface area (Å²) in [6, 6.07) is 14.8. The Morgan fingerprint density at radius 2 is 1.84 bits per heavy atom. The predicted octanol–water partition coefficient (Wildman–Crippen LogP) is 3.40. The van der Waals surface area contributed by atoms with Gasteiger partial charge in [-0.1, -0.05) is 35.0 Å². The number of pyridine rings is 1. The molecular weight excluding hydrogens is 438 g/mol. The zero-order chi connectivity index (χ0) is 22.8. The van der Waals surface area contributed by atoms with Crippen molar-refractivity contribution in [1.29, 1.82) is 0 Å². The quantitative estimate of drug-likeness (QED) is 0.334.